The minimum atomic E-state index is -0.0129. The Labute approximate surface area is 108 Å². The highest BCUT2D eigenvalue weighted by Crippen LogP contribution is 2.29. The summed E-state index contributed by atoms with van der Waals surface area (Å²) >= 11 is 5.79. The molecular weight excluding hydrogens is 240 g/mol. The smallest absolute Gasteiger partial charge is 0.161 e. The lowest BCUT2D eigenvalue weighted by Crippen LogP contribution is -2.18. The van der Waals surface area contributed by atoms with Gasteiger partial charge in [-0.25, -0.2) is 0 Å². The van der Waals surface area contributed by atoms with Gasteiger partial charge in [-0.05, 0) is 31.5 Å². The molecule has 0 fully saturated rings. The van der Waals surface area contributed by atoms with E-state index >= 15 is 0 Å². The van der Waals surface area contributed by atoms with Crippen molar-refractivity contribution in [3.8, 4) is 11.5 Å². The van der Waals surface area contributed by atoms with Gasteiger partial charge in [-0.2, -0.15) is 0 Å². The second kappa shape index (κ2) is 7.41. The van der Waals surface area contributed by atoms with Crippen LogP contribution in [-0.2, 0) is 10.6 Å². The highest BCUT2D eigenvalue weighted by atomic mass is 35.5. The lowest BCUT2D eigenvalue weighted by atomic mass is 10.2. The molecule has 0 aliphatic heterocycles. The second-order valence-corrected chi connectivity index (χ2v) is 4.00. The fourth-order valence-corrected chi connectivity index (χ4v) is 1.65. The van der Waals surface area contributed by atoms with Crippen molar-refractivity contribution in [3.63, 3.8) is 0 Å². The Bertz CT molecular complexity index is 341. The summed E-state index contributed by atoms with van der Waals surface area (Å²) in [6.45, 7) is 5.04. The number of alkyl halides is 1. The Kier molecular flexibility index (Phi) is 6.16. The number of hydrogen-bond acceptors (Lipinski definition) is 3. The zero-order chi connectivity index (χ0) is 12.7. The van der Waals surface area contributed by atoms with E-state index in [9.17, 15) is 0 Å². The zero-order valence-corrected chi connectivity index (χ0v) is 11.3. The average molecular weight is 259 g/mol. The monoisotopic (exact) mass is 258 g/mol. The summed E-state index contributed by atoms with van der Waals surface area (Å²) in [6, 6.07) is 5.73. The van der Waals surface area contributed by atoms with Crippen molar-refractivity contribution in [2.24, 2.45) is 0 Å². The van der Waals surface area contributed by atoms with Crippen LogP contribution in [0.2, 0.25) is 0 Å². The molecule has 0 spiro atoms. The standard InChI is InChI=1S/C13H19ClO3/c1-4-16-13-7-11(8-14)5-6-12(13)17-10(2)9-15-3/h5-7,10H,4,8-9H2,1-3H3. The highest BCUT2D eigenvalue weighted by molar-refractivity contribution is 6.17. The molecule has 1 atom stereocenters. The summed E-state index contributed by atoms with van der Waals surface area (Å²) in [5, 5.41) is 0. The van der Waals surface area contributed by atoms with Gasteiger partial charge in [0.25, 0.3) is 0 Å². The molecule has 3 nitrogen and oxygen atoms in total. The van der Waals surface area contributed by atoms with Crippen LogP contribution in [0, 0.1) is 0 Å². The van der Waals surface area contributed by atoms with E-state index in [1.165, 1.54) is 0 Å². The van der Waals surface area contributed by atoms with Crippen molar-refractivity contribution >= 4 is 11.6 Å². The van der Waals surface area contributed by atoms with Gasteiger partial charge in [-0.15, -0.1) is 11.6 Å². The van der Waals surface area contributed by atoms with Crippen LogP contribution >= 0.6 is 11.6 Å². The number of hydrogen-bond donors (Lipinski definition) is 0. The third-order valence-electron chi connectivity index (χ3n) is 2.19. The molecule has 1 aromatic carbocycles. The SMILES string of the molecule is CCOc1cc(CCl)ccc1OC(C)COC. The Balaban J connectivity index is 2.81. The van der Waals surface area contributed by atoms with Crippen molar-refractivity contribution in [1.29, 1.82) is 0 Å². The Hall–Kier alpha value is -0.930. The molecule has 0 heterocycles. The van der Waals surface area contributed by atoms with Crippen LogP contribution in [0.3, 0.4) is 0 Å². The molecule has 0 N–H and O–H groups in total. The molecule has 4 heteroatoms. The van der Waals surface area contributed by atoms with Crippen molar-refractivity contribution in [2.75, 3.05) is 20.3 Å². The van der Waals surface area contributed by atoms with Gasteiger partial charge in [0.2, 0.25) is 0 Å². The van der Waals surface area contributed by atoms with E-state index in [1.807, 2.05) is 32.0 Å². The normalized spacial score (nSPS) is 12.2. The Morgan fingerprint density at radius 2 is 2.06 bits per heavy atom. The molecule has 0 amide bonds. The van der Waals surface area contributed by atoms with Crippen molar-refractivity contribution in [2.45, 2.75) is 25.8 Å². The van der Waals surface area contributed by atoms with E-state index in [0.717, 1.165) is 17.1 Å². The summed E-state index contributed by atoms with van der Waals surface area (Å²) in [5.74, 6) is 1.92. The van der Waals surface area contributed by atoms with Crippen LogP contribution in [0.4, 0.5) is 0 Å². The molecule has 0 aliphatic rings. The average Bonchev–Trinajstić information content (AvgIpc) is 2.32. The number of rotatable bonds is 7. The van der Waals surface area contributed by atoms with E-state index in [0.29, 0.717) is 19.1 Å². The van der Waals surface area contributed by atoms with Gasteiger partial charge >= 0.3 is 0 Å². The van der Waals surface area contributed by atoms with Gasteiger partial charge in [0.1, 0.15) is 6.10 Å². The molecular formula is C13H19ClO3. The molecule has 0 bridgehead atoms. The summed E-state index contributed by atoms with van der Waals surface area (Å²) < 4.78 is 16.3. The van der Waals surface area contributed by atoms with Gasteiger partial charge in [-0.3, -0.25) is 0 Å². The maximum atomic E-state index is 5.79. The second-order valence-electron chi connectivity index (χ2n) is 3.73. The quantitative estimate of drug-likeness (QED) is 0.703. The third kappa shape index (κ3) is 4.44. The lowest BCUT2D eigenvalue weighted by Gasteiger charge is -2.17. The van der Waals surface area contributed by atoms with Gasteiger partial charge in [-0.1, -0.05) is 6.07 Å². The van der Waals surface area contributed by atoms with E-state index in [-0.39, 0.29) is 6.10 Å². The van der Waals surface area contributed by atoms with E-state index in [4.69, 9.17) is 25.8 Å². The molecule has 1 aromatic rings. The van der Waals surface area contributed by atoms with E-state index in [2.05, 4.69) is 0 Å². The lowest BCUT2D eigenvalue weighted by molar-refractivity contribution is 0.0894. The van der Waals surface area contributed by atoms with Gasteiger partial charge in [0.15, 0.2) is 11.5 Å². The largest absolute Gasteiger partial charge is 0.490 e. The highest BCUT2D eigenvalue weighted by Gasteiger charge is 2.10. The van der Waals surface area contributed by atoms with Crippen molar-refractivity contribution in [1.82, 2.24) is 0 Å². The van der Waals surface area contributed by atoms with Crippen LogP contribution in [0.15, 0.2) is 18.2 Å². The van der Waals surface area contributed by atoms with Crippen molar-refractivity contribution in [3.05, 3.63) is 23.8 Å². The van der Waals surface area contributed by atoms with Crippen LogP contribution in [-0.4, -0.2) is 26.4 Å². The fraction of sp³-hybridized carbons (Fsp3) is 0.538. The third-order valence-corrected chi connectivity index (χ3v) is 2.50. The molecule has 0 saturated carbocycles. The number of ether oxygens (including phenoxy) is 3. The molecule has 96 valence electrons. The summed E-state index contributed by atoms with van der Waals surface area (Å²) in [6.07, 6.45) is -0.0129. The van der Waals surface area contributed by atoms with Crippen LogP contribution in [0.25, 0.3) is 0 Å². The molecule has 0 aromatic heterocycles. The minimum Gasteiger partial charge on any atom is -0.490 e. The van der Waals surface area contributed by atoms with Gasteiger partial charge < -0.3 is 14.2 Å². The minimum absolute atomic E-state index is 0.0129. The molecule has 17 heavy (non-hydrogen) atoms. The first-order valence-corrected chi connectivity index (χ1v) is 6.22. The first-order chi connectivity index (χ1) is 8.21. The maximum absolute atomic E-state index is 5.79. The number of benzene rings is 1. The predicted molar refractivity (Wildman–Crippen MR) is 69.1 cm³/mol. The van der Waals surface area contributed by atoms with E-state index < -0.39 is 0 Å². The summed E-state index contributed by atoms with van der Waals surface area (Å²) in [5.41, 5.74) is 1.02. The Morgan fingerprint density at radius 3 is 2.65 bits per heavy atom. The van der Waals surface area contributed by atoms with Crippen LogP contribution < -0.4 is 9.47 Å². The number of halogens is 1. The van der Waals surface area contributed by atoms with Gasteiger partial charge in [0.05, 0.1) is 13.2 Å². The molecule has 1 rings (SSSR count). The van der Waals surface area contributed by atoms with Gasteiger partial charge in [0, 0.05) is 13.0 Å². The summed E-state index contributed by atoms with van der Waals surface area (Å²) in [4.78, 5) is 0. The topological polar surface area (TPSA) is 27.7 Å². The zero-order valence-electron chi connectivity index (χ0n) is 10.5. The Morgan fingerprint density at radius 1 is 1.29 bits per heavy atom. The maximum Gasteiger partial charge on any atom is 0.161 e. The predicted octanol–water partition coefficient (Wildman–Crippen LogP) is 3.24. The summed E-state index contributed by atoms with van der Waals surface area (Å²) in [7, 11) is 1.65. The molecule has 0 aliphatic carbocycles. The van der Waals surface area contributed by atoms with Crippen LogP contribution in [0.5, 0.6) is 11.5 Å². The molecule has 1 unspecified atom stereocenters. The van der Waals surface area contributed by atoms with E-state index in [1.54, 1.807) is 7.11 Å². The molecule has 0 saturated heterocycles. The number of methoxy groups -OCH3 is 1. The van der Waals surface area contributed by atoms with Crippen molar-refractivity contribution < 1.29 is 14.2 Å². The first-order valence-electron chi connectivity index (χ1n) is 5.68. The first kappa shape index (κ1) is 14.1. The van der Waals surface area contributed by atoms with Crippen LogP contribution in [0.1, 0.15) is 19.4 Å². The fourth-order valence-electron chi connectivity index (χ4n) is 1.49. The molecule has 0 radical (unpaired) electrons.